The number of rotatable bonds is 5. The van der Waals surface area contributed by atoms with Crippen molar-refractivity contribution >= 4 is 47.2 Å². The molecule has 31 heavy (non-hydrogen) atoms. The summed E-state index contributed by atoms with van der Waals surface area (Å²) in [5.41, 5.74) is 2.24. The van der Waals surface area contributed by atoms with Gasteiger partial charge >= 0.3 is 12.0 Å². The third-order valence-electron chi connectivity index (χ3n) is 4.77. The number of hydrogen-bond donors (Lipinski definition) is 2. The number of hydrogen-bond acceptors (Lipinski definition) is 3. The third-order valence-corrected chi connectivity index (χ3v) is 5.36. The van der Waals surface area contributed by atoms with Crippen LogP contribution in [-0.2, 0) is 11.3 Å². The van der Waals surface area contributed by atoms with E-state index in [9.17, 15) is 14.4 Å². The molecular formula is C22H15Cl2N3O4. The van der Waals surface area contributed by atoms with E-state index in [2.05, 4.69) is 5.32 Å². The molecule has 4 rings (SSSR count). The third kappa shape index (κ3) is 4.19. The zero-order chi connectivity index (χ0) is 22.1. The molecule has 0 spiro atoms. The number of nitrogens with zero attached hydrogens (tertiary/aromatic N) is 2. The molecule has 2 aromatic carbocycles. The van der Waals surface area contributed by atoms with Crippen molar-refractivity contribution in [3.63, 3.8) is 0 Å². The molecule has 156 valence electrons. The lowest BCUT2D eigenvalue weighted by Gasteiger charge is -2.13. The van der Waals surface area contributed by atoms with Crippen LogP contribution in [0.25, 0.3) is 11.8 Å². The van der Waals surface area contributed by atoms with Crippen molar-refractivity contribution in [1.29, 1.82) is 0 Å². The van der Waals surface area contributed by atoms with Gasteiger partial charge in [-0.2, -0.15) is 0 Å². The maximum Gasteiger partial charge on any atom is 0.335 e. The molecule has 1 fully saturated rings. The lowest BCUT2D eigenvalue weighted by atomic mass is 10.2. The molecule has 0 radical (unpaired) electrons. The number of halogens is 2. The van der Waals surface area contributed by atoms with E-state index in [4.69, 9.17) is 28.3 Å². The van der Waals surface area contributed by atoms with Crippen molar-refractivity contribution in [2.75, 3.05) is 0 Å². The van der Waals surface area contributed by atoms with E-state index in [1.54, 1.807) is 59.3 Å². The Hall–Kier alpha value is -3.55. The minimum absolute atomic E-state index is 0.00959. The van der Waals surface area contributed by atoms with Gasteiger partial charge in [-0.3, -0.25) is 9.69 Å². The minimum Gasteiger partial charge on any atom is -0.478 e. The Morgan fingerprint density at radius 3 is 2.48 bits per heavy atom. The van der Waals surface area contributed by atoms with Crippen LogP contribution >= 0.6 is 23.2 Å². The van der Waals surface area contributed by atoms with E-state index in [0.29, 0.717) is 27.0 Å². The summed E-state index contributed by atoms with van der Waals surface area (Å²) >= 11 is 12.1. The summed E-state index contributed by atoms with van der Waals surface area (Å²) in [7, 11) is 0. The quantitative estimate of drug-likeness (QED) is 0.435. The summed E-state index contributed by atoms with van der Waals surface area (Å²) in [5, 5.41) is 12.5. The predicted octanol–water partition coefficient (Wildman–Crippen LogP) is 4.58. The van der Waals surface area contributed by atoms with Gasteiger partial charge in [0.05, 0.1) is 12.1 Å². The van der Waals surface area contributed by atoms with Crippen LogP contribution in [0.3, 0.4) is 0 Å². The monoisotopic (exact) mass is 455 g/mol. The number of carbonyl (C=O) groups excluding carboxylic acids is 2. The maximum absolute atomic E-state index is 12.8. The number of amides is 3. The summed E-state index contributed by atoms with van der Waals surface area (Å²) in [6.45, 7) is 0.00959. The number of imide groups is 1. The van der Waals surface area contributed by atoms with Gasteiger partial charge in [-0.1, -0.05) is 29.3 Å². The first-order chi connectivity index (χ1) is 14.8. The van der Waals surface area contributed by atoms with E-state index in [-0.39, 0.29) is 17.8 Å². The fraction of sp³-hybridized carbons (Fsp3) is 0.0455. The molecule has 1 aliphatic rings. The van der Waals surface area contributed by atoms with Crippen molar-refractivity contribution < 1.29 is 19.5 Å². The number of benzene rings is 2. The van der Waals surface area contributed by atoms with Gasteiger partial charge in [-0.25, -0.2) is 9.59 Å². The molecule has 1 saturated heterocycles. The first-order valence-electron chi connectivity index (χ1n) is 9.13. The Kier molecular flexibility index (Phi) is 5.54. The molecule has 0 unspecified atom stereocenters. The highest BCUT2D eigenvalue weighted by molar-refractivity contribution is 6.35. The van der Waals surface area contributed by atoms with E-state index >= 15 is 0 Å². The number of aromatic nitrogens is 1. The highest BCUT2D eigenvalue weighted by Gasteiger charge is 2.34. The Bertz CT molecular complexity index is 1230. The molecule has 1 aromatic heterocycles. The van der Waals surface area contributed by atoms with Crippen LogP contribution in [0.5, 0.6) is 0 Å². The minimum atomic E-state index is -1.01. The SMILES string of the molecule is O=C(O)c1ccc(-n2cccc2/C=C2\NC(=O)N(Cc3ccc(Cl)cc3Cl)C2=O)cc1. The molecule has 3 aromatic rings. The number of carboxylic acids is 1. The van der Waals surface area contributed by atoms with Gasteiger partial charge in [0.1, 0.15) is 5.70 Å². The molecule has 2 N–H and O–H groups in total. The standard InChI is InChI=1S/C22H15Cl2N3O4/c23-15-6-3-14(18(24)10-15)12-27-20(28)19(25-22(27)31)11-17-2-1-9-26(17)16-7-4-13(5-8-16)21(29)30/h1-11H,12H2,(H,25,31)(H,29,30)/b19-11-. The van der Waals surface area contributed by atoms with Crippen LogP contribution in [0.4, 0.5) is 4.79 Å². The number of carbonyl (C=O) groups is 3. The Balaban J connectivity index is 1.59. The van der Waals surface area contributed by atoms with Crippen LogP contribution in [0.1, 0.15) is 21.6 Å². The van der Waals surface area contributed by atoms with Crippen molar-refractivity contribution in [3.8, 4) is 5.69 Å². The molecule has 1 aliphatic heterocycles. The van der Waals surface area contributed by atoms with Gasteiger partial charge in [0.15, 0.2) is 0 Å². The molecule has 0 bridgehead atoms. The second-order valence-corrected chi connectivity index (χ2v) is 7.61. The normalized spacial score (nSPS) is 14.9. The first-order valence-corrected chi connectivity index (χ1v) is 9.88. The number of urea groups is 1. The second-order valence-electron chi connectivity index (χ2n) is 6.77. The highest BCUT2D eigenvalue weighted by atomic mass is 35.5. The molecule has 0 saturated carbocycles. The van der Waals surface area contributed by atoms with Crippen molar-refractivity contribution in [1.82, 2.24) is 14.8 Å². The topological polar surface area (TPSA) is 91.6 Å². The second kappa shape index (κ2) is 8.29. The van der Waals surface area contributed by atoms with E-state index in [1.807, 2.05) is 0 Å². The molecule has 7 nitrogen and oxygen atoms in total. The smallest absolute Gasteiger partial charge is 0.335 e. The van der Waals surface area contributed by atoms with E-state index in [0.717, 1.165) is 4.90 Å². The van der Waals surface area contributed by atoms with Crippen molar-refractivity contribution in [3.05, 3.63) is 93.4 Å². The van der Waals surface area contributed by atoms with Gasteiger partial charge < -0.3 is 15.0 Å². The summed E-state index contributed by atoms with van der Waals surface area (Å²) in [6.07, 6.45) is 3.34. The summed E-state index contributed by atoms with van der Waals surface area (Å²) in [4.78, 5) is 37.3. The molecular weight excluding hydrogens is 441 g/mol. The molecule has 2 heterocycles. The number of carboxylic acid groups (broad SMARTS) is 1. The average Bonchev–Trinajstić information content (AvgIpc) is 3.30. The summed E-state index contributed by atoms with van der Waals surface area (Å²) in [6, 6.07) is 14.2. The fourth-order valence-corrected chi connectivity index (χ4v) is 3.66. The zero-order valence-corrected chi connectivity index (χ0v) is 17.4. The molecule has 9 heteroatoms. The lowest BCUT2D eigenvalue weighted by molar-refractivity contribution is -0.123. The Morgan fingerprint density at radius 1 is 1.06 bits per heavy atom. The molecule has 0 atom stereocenters. The average molecular weight is 456 g/mol. The van der Waals surface area contributed by atoms with Crippen molar-refractivity contribution in [2.45, 2.75) is 6.54 Å². The largest absolute Gasteiger partial charge is 0.478 e. The van der Waals surface area contributed by atoms with Gasteiger partial charge in [-0.05, 0) is 60.2 Å². The highest BCUT2D eigenvalue weighted by Crippen LogP contribution is 2.25. The Morgan fingerprint density at radius 2 is 1.81 bits per heavy atom. The first kappa shape index (κ1) is 20.7. The van der Waals surface area contributed by atoms with Gasteiger partial charge in [-0.15, -0.1) is 0 Å². The van der Waals surface area contributed by atoms with Crippen LogP contribution in [-0.4, -0.2) is 32.5 Å². The molecule has 0 aliphatic carbocycles. The summed E-state index contributed by atoms with van der Waals surface area (Å²) in [5.74, 6) is -1.49. The maximum atomic E-state index is 12.8. The van der Waals surface area contributed by atoms with Gasteiger partial charge in [0, 0.05) is 27.6 Å². The summed E-state index contributed by atoms with van der Waals surface area (Å²) < 4.78 is 1.77. The number of nitrogens with one attached hydrogen (secondary N) is 1. The van der Waals surface area contributed by atoms with Crippen molar-refractivity contribution in [2.24, 2.45) is 0 Å². The van der Waals surface area contributed by atoms with Crippen LogP contribution in [0.15, 0.2) is 66.5 Å². The zero-order valence-electron chi connectivity index (χ0n) is 15.9. The lowest BCUT2D eigenvalue weighted by Crippen LogP contribution is -2.30. The Labute approximate surface area is 187 Å². The van der Waals surface area contributed by atoms with Gasteiger partial charge in [0.25, 0.3) is 5.91 Å². The fourth-order valence-electron chi connectivity index (χ4n) is 3.19. The van der Waals surface area contributed by atoms with Gasteiger partial charge in [0.2, 0.25) is 0 Å². The predicted molar refractivity (Wildman–Crippen MR) is 116 cm³/mol. The van der Waals surface area contributed by atoms with Crippen LogP contribution in [0, 0.1) is 0 Å². The molecule has 3 amide bonds. The van der Waals surface area contributed by atoms with E-state index < -0.39 is 17.9 Å². The van der Waals surface area contributed by atoms with Crippen LogP contribution < -0.4 is 5.32 Å². The van der Waals surface area contributed by atoms with E-state index in [1.165, 1.54) is 12.1 Å². The van der Waals surface area contributed by atoms with Crippen LogP contribution in [0.2, 0.25) is 10.0 Å². The number of aromatic carboxylic acids is 1.